The second-order valence-electron chi connectivity index (χ2n) is 5.24. The molecule has 0 spiro atoms. The molecule has 0 aromatic heterocycles. The normalized spacial score (nSPS) is 23.8. The van der Waals surface area contributed by atoms with Crippen molar-refractivity contribution < 1.29 is 14.0 Å². The van der Waals surface area contributed by atoms with Crippen LogP contribution < -0.4 is 10.6 Å². The first-order valence-electron chi connectivity index (χ1n) is 6.46. The molecule has 1 aromatic carbocycles. The van der Waals surface area contributed by atoms with Crippen LogP contribution in [0.1, 0.15) is 31.2 Å². The molecule has 1 saturated heterocycles. The summed E-state index contributed by atoms with van der Waals surface area (Å²) in [5.74, 6) is -0.506. The van der Waals surface area contributed by atoms with E-state index in [0.29, 0.717) is 12.8 Å². The molecule has 1 atom stereocenters. The number of rotatable bonds is 3. The molecule has 0 bridgehead atoms. The first-order valence-corrected chi connectivity index (χ1v) is 6.46. The van der Waals surface area contributed by atoms with Crippen LogP contribution in [-0.4, -0.2) is 17.9 Å². The van der Waals surface area contributed by atoms with Gasteiger partial charge in [-0.3, -0.25) is 9.59 Å². The molecule has 2 aliphatic rings. The third-order valence-electron chi connectivity index (χ3n) is 3.82. The summed E-state index contributed by atoms with van der Waals surface area (Å²) < 4.78 is 12.9. The lowest BCUT2D eigenvalue weighted by Gasteiger charge is -2.20. The zero-order valence-corrected chi connectivity index (χ0v) is 10.4. The number of carbonyl (C=O) groups excluding carboxylic acids is 2. The van der Waals surface area contributed by atoms with Gasteiger partial charge < -0.3 is 10.6 Å². The molecule has 5 heteroatoms. The molecule has 1 aliphatic carbocycles. The smallest absolute Gasteiger partial charge is 0.243 e. The van der Waals surface area contributed by atoms with Gasteiger partial charge in [0.2, 0.25) is 11.8 Å². The van der Waals surface area contributed by atoms with Crippen molar-refractivity contribution in [3.8, 4) is 0 Å². The summed E-state index contributed by atoms with van der Waals surface area (Å²) >= 11 is 0. The van der Waals surface area contributed by atoms with Crippen molar-refractivity contribution in [2.24, 2.45) is 0 Å². The molecule has 1 heterocycles. The standard InChI is InChI=1S/C14H15FN2O2/c15-10-3-1-9(2-4-10)14(7-8-14)17-13(19)11-5-6-12(18)16-11/h1-4,11H,5-8H2,(H,16,18)(H,17,19)/t11-/m1/s1. The molecular formula is C14H15FN2O2. The summed E-state index contributed by atoms with van der Waals surface area (Å²) in [7, 11) is 0. The van der Waals surface area contributed by atoms with Gasteiger partial charge in [-0.1, -0.05) is 12.1 Å². The molecular weight excluding hydrogens is 247 g/mol. The summed E-state index contributed by atoms with van der Waals surface area (Å²) in [5, 5.41) is 5.64. The second-order valence-corrected chi connectivity index (χ2v) is 5.24. The third-order valence-corrected chi connectivity index (χ3v) is 3.82. The number of hydrogen-bond donors (Lipinski definition) is 2. The second kappa shape index (κ2) is 4.33. The molecule has 1 saturated carbocycles. The molecule has 4 nitrogen and oxygen atoms in total. The number of hydrogen-bond acceptors (Lipinski definition) is 2. The predicted molar refractivity (Wildman–Crippen MR) is 66.6 cm³/mol. The Hall–Kier alpha value is -1.91. The zero-order chi connectivity index (χ0) is 13.5. The highest BCUT2D eigenvalue weighted by atomic mass is 19.1. The Bertz CT molecular complexity index is 523. The largest absolute Gasteiger partial charge is 0.345 e. The lowest BCUT2D eigenvalue weighted by atomic mass is 10.0. The topological polar surface area (TPSA) is 58.2 Å². The van der Waals surface area contributed by atoms with Crippen LogP contribution in [0.25, 0.3) is 0 Å². The fraction of sp³-hybridized carbons (Fsp3) is 0.429. The van der Waals surface area contributed by atoms with E-state index in [1.807, 2.05) is 0 Å². The van der Waals surface area contributed by atoms with Crippen molar-refractivity contribution >= 4 is 11.8 Å². The van der Waals surface area contributed by atoms with Crippen molar-refractivity contribution in [1.82, 2.24) is 10.6 Å². The molecule has 100 valence electrons. The lowest BCUT2D eigenvalue weighted by molar-refractivity contribution is -0.126. The number of benzene rings is 1. The summed E-state index contributed by atoms with van der Waals surface area (Å²) in [6.07, 6.45) is 2.65. The molecule has 0 unspecified atom stereocenters. The van der Waals surface area contributed by atoms with Crippen LogP contribution in [0.2, 0.25) is 0 Å². The molecule has 3 rings (SSSR count). The molecule has 2 fully saturated rings. The first-order chi connectivity index (χ1) is 9.09. The van der Waals surface area contributed by atoms with Crippen LogP contribution in [0.5, 0.6) is 0 Å². The van der Waals surface area contributed by atoms with Gasteiger partial charge in [-0.15, -0.1) is 0 Å². The van der Waals surface area contributed by atoms with Gasteiger partial charge in [0.25, 0.3) is 0 Å². The van der Waals surface area contributed by atoms with Crippen LogP contribution in [0.3, 0.4) is 0 Å². The van der Waals surface area contributed by atoms with Crippen LogP contribution >= 0.6 is 0 Å². The van der Waals surface area contributed by atoms with Crippen molar-refractivity contribution in [2.45, 2.75) is 37.3 Å². The van der Waals surface area contributed by atoms with E-state index in [-0.39, 0.29) is 23.2 Å². The van der Waals surface area contributed by atoms with Crippen LogP contribution in [0, 0.1) is 5.82 Å². The molecule has 2 amide bonds. The van der Waals surface area contributed by atoms with E-state index in [0.717, 1.165) is 18.4 Å². The van der Waals surface area contributed by atoms with Gasteiger partial charge in [0.15, 0.2) is 0 Å². The predicted octanol–water partition coefficient (Wildman–Crippen LogP) is 1.21. The molecule has 0 radical (unpaired) electrons. The minimum Gasteiger partial charge on any atom is -0.345 e. The Kier molecular flexibility index (Phi) is 2.77. The minimum atomic E-state index is -0.426. The summed E-state index contributed by atoms with van der Waals surface area (Å²) in [6.45, 7) is 0. The van der Waals surface area contributed by atoms with Crippen LogP contribution in [0.15, 0.2) is 24.3 Å². The van der Waals surface area contributed by atoms with E-state index in [1.54, 1.807) is 12.1 Å². The van der Waals surface area contributed by atoms with Gasteiger partial charge in [-0.25, -0.2) is 4.39 Å². The van der Waals surface area contributed by atoms with Gasteiger partial charge in [-0.05, 0) is 37.0 Å². The first kappa shape index (κ1) is 12.1. The molecule has 2 N–H and O–H groups in total. The fourth-order valence-electron chi connectivity index (χ4n) is 2.51. The quantitative estimate of drug-likeness (QED) is 0.860. The van der Waals surface area contributed by atoms with Gasteiger partial charge >= 0.3 is 0 Å². The van der Waals surface area contributed by atoms with E-state index in [9.17, 15) is 14.0 Å². The number of halogens is 1. The van der Waals surface area contributed by atoms with Crippen molar-refractivity contribution in [3.05, 3.63) is 35.6 Å². The van der Waals surface area contributed by atoms with Crippen LogP contribution in [0.4, 0.5) is 4.39 Å². The third kappa shape index (κ3) is 2.32. The highest BCUT2D eigenvalue weighted by molar-refractivity contribution is 5.91. The maximum atomic E-state index is 12.9. The average Bonchev–Trinajstić information content (AvgIpc) is 3.03. The zero-order valence-electron chi connectivity index (χ0n) is 10.4. The molecule has 1 aromatic rings. The van der Waals surface area contributed by atoms with Crippen molar-refractivity contribution in [2.75, 3.05) is 0 Å². The van der Waals surface area contributed by atoms with Gasteiger partial charge in [0.1, 0.15) is 11.9 Å². The highest BCUT2D eigenvalue weighted by Gasteiger charge is 2.46. The van der Waals surface area contributed by atoms with Gasteiger partial charge in [0, 0.05) is 6.42 Å². The van der Waals surface area contributed by atoms with E-state index >= 15 is 0 Å². The molecule has 19 heavy (non-hydrogen) atoms. The Morgan fingerprint density at radius 1 is 1.32 bits per heavy atom. The van der Waals surface area contributed by atoms with Crippen LogP contribution in [-0.2, 0) is 15.1 Å². The summed E-state index contributed by atoms with van der Waals surface area (Å²) in [5.41, 5.74) is 0.560. The monoisotopic (exact) mass is 262 g/mol. The van der Waals surface area contributed by atoms with Crippen molar-refractivity contribution in [1.29, 1.82) is 0 Å². The van der Waals surface area contributed by atoms with Crippen molar-refractivity contribution in [3.63, 3.8) is 0 Å². The number of nitrogens with one attached hydrogen (secondary N) is 2. The minimum absolute atomic E-state index is 0.0771. The number of carbonyl (C=O) groups is 2. The number of amides is 2. The Labute approximate surface area is 110 Å². The van der Waals surface area contributed by atoms with E-state index in [1.165, 1.54) is 12.1 Å². The van der Waals surface area contributed by atoms with E-state index in [4.69, 9.17) is 0 Å². The van der Waals surface area contributed by atoms with Gasteiger partial charge in [-0.2, -0.15) is 0 Å². The van der Waals surface area contributed by atoms with Gasteiger partial charge in [0.05, 0.1) is 5.54 Å². The maximum Gasteiger partial charge on any atom is 0.243 e. The maximum absolute atomic E-state index is 12.9. The Morgan fingerprint density at radius 3 is 2.53 bits per heavy atom. The summed E-state index contributed by atoms with van der Waals surface area (Å²) in [6, 6.07) is 5.79. The van der Waals surface area contributed by atoms with E-state index in [2.05, 4.69) is 10.6 Å². The average molecular weight is 262 g/mol. The Morgan fingerprint density at radius 2 is 2.00 bits per heavy atom. The highest BCUT2D eigenvalue weighted by Crippen LogP contribution is 2.45. The van der Waals surface area contributed by atoms with E-state index < -0.39 is 6.04 Å². The summed E-state index contributed by atoms with van der Waals surface area (Å²) in [4.78, 5) is 23.2. The lowest BCUT2D eigenvalue weighted by Crippen LogP contribution is -2.46. The Balaban J connectivity index is 1.70. The fourth-order valence-corrected chi connectivity index (χ4v) is 2.51. The SMILES string of the molecule is O=C1CC[C@H](C(=O)NC2(c3ccc(F)cc3)CC2)N1. The molecule has 1 aliphatic heterocycles.